The van der Waals surface area contributed by atoms with Crippen LogP contribution in [0.3, 0.4) is 0 Å². The third-order valence-electron chi connectivity index (χ3n) is 3.24. The van der Waals surface area contributed by atoms with Crippen LogP contribution in [-0.2, 0) is 6.54 Å². The standard InChI is InChI=1S/C13H17F2N/c1-9-6-12(9)8-16-7-10-2-4-11(5-3-10)13(14)15/h2-5,9,12-13,16H,6-8H2,1H3. The first-order chi connectivity index (χ1) is 7.66. The fourth-order valence-electron chi connectivity index (χ4n) is 1.87. The van der Waals surface area contributed by atoms with Crippen LogP contribution in [0.25, 0.3) is 0 Å². The average molecular weight is 225 g/mol. The van der Waals surface area contributed by atoms with Gasteiger partial charge in [0, 0.05) is 12.1 Å². The van der Waals surface area contributed by atoms with Gasteiger partial charge in [-0.25, -0.2) is 8.78 Å². The smallest absolute Gasteiger partial charge is 0.263 e. The number of rotatable bonds is 5. The summed E-state index contributed by atoms with van der Waals surface area (Å²) in [7, 11) is 0. The predicted octanol–water partition coefficient (Wildman–Crippen LogP) is 3.37. The van der Waals surface area contributed by atoms with Gasteiger partial charge in [-0.15, -0.1) is 0 Å². The van der Waals surface area contributed by atoms with Gasteiger partial charge < -0.3 is 5.32 Å². The monoisotopic (exact) mass is 225 g/mol. The number of hydrogen-bond acceptors (Lipinski definition) is 1. The summed E-state index contributed by atoms with van der Waals surface area (Å²) in [6.07, 6.45) is -1.05. The van der Waals surface area contributed by atoms with Crippen molar-refractivity contribution in [3.63, 3.8) is 0 Å². The summed E-state index contributed by atoms with van der Waals surface area (Å²) in [5.74, 6) is 1.68. The zero-order chi connectivity index (χ0) is 11.5. The zero-order valence-electron chi connectivity index (χ0n) is 9.42. The Balaban J connectivity index is 1.76. The van der Waals surface area contributed by atoms with Crippen LogP contribution < -0.4 is 5.32 Å². The van der Waals surface area contributed by atoms with Crippen LogP contribution in [0.15, 0.2) is 24.3 Å². The third kappa shape index (κ3) is 3.01. The van der Waals surface area contributed by atoms with Gasteiger partial charge in [-0.3, -0.25) is 0 Å². The van der Waals surface area contributed by atoms with Gasteiger partial charge in [-0.05, 0) is 30.4 Å². The fraction of sp³-hybridized carbons (Fsp3) is 0.538. The van der Waals surface area contributed by atoms with Crippen LogP contribution in [0.1, 0.15) is 30.9 Å². The van der Waals surface area contributed by atoms with Crippen molar-refractivity contribution >= 4 is 0 Å². The molecule has 0 heterocycles. The summed E-state index contributed by atoms with van der Waals surface area (Å²) in [6, 6.07) is 6.54. The highest BCUT2D eigenvalue weighted by Crippen LogP contribution is 2.36. The Kier molecular flexibility index (Phi) is 3.54. The van der Waals surface area contributed by atoms with Crippen LogP contribution in [0, 0.1) is 11.8 Å². The molecule has 16 heavy (non-hydrogen) atoms. The molecule has 1 aromatic carbocycles. The van der Waals surface area contributed by atoms with E-state index in [2.05, 4.69) is 12.2 Å². The lowest BCUT2D eigenvalue weighted by Gasteiger charge is -2.05. The Labute approximate surface area is 94.9 Å². The first kappa shape index (κ1) is 11.5. The maximum atomic E-state index is 12.3. The van der Waals surface area contributed by atoms with Crippen molar-refractivity contribution in [2.24, 2.45) is 11.8 Å². The molecule has 0 aliphatic heterocycles. The molecule has 1 N–H and O–H groups in total. The molecule has 0 spiro atoms. The second kappa shape index (κ2) is 4.91. The minimum atomic E-state index is -2.37. The molecule has 3 heteroatoms. The van der Waals surface area contributed by atoms with Crippen molar-refractivity contribution < 1.29 is 8.78 Å². The van der Waals surface area contributed by atoms with E-state index in [1.807, 2.05) is 0 Å². The lowest BCUT2D eigenvalue weighted by atomic mass is 10.1. The summed E-state index contributed by atoms with van der Waals surface area (Å²) < 4.78 is 24.6. The van der Waals surface area contributed by atoms with Gasteiger partial charge in [-0.1, -0.05) is 31.2 Å². The van der Waals surface area contributed by atoms with Crippen LogP contribution in [0.5, 0.6) is 0 Å². The van der Waals surface area contributed by atoms with Crippen LogP contribution in [0.2, 0.25) is 0 Å². The largest absolute Gasteiger partial charge is 0.312 e. The molecule has 0 amide bonds. The SMILES string of the molecule is CC1CC1CNCc1ccc(C(F)F)cc1. The number of nitrogens with one attached hydrogen (secondary N) is 1. The highest BCUT2D eigenvalue weighted by atomic mass is 19.3. The number of alkyl halides is 2. The van der Waals surface area contributed by atoms with E-state index >= 15 is 0 Å². The van der Waals surface area contributed by atoms with Gasteiger partial charge in [0.25, 0.3) is 6.43 Å². The molecule has 1 aliphatic rings. The van der Waals surface area contributed by atoms with E-state index in [0.717, 1.165) is 30.5 Å². The van der Waals surface area contributed by atoms with E-state index in [9.17, 15) is 8.78 Å². The molecule has 0 bridgehead atoms. The Bertz CT molecular complexity index is 334. The molecule has 1 nitrogen and oxygen atoms in total. The molecule has 0 radical (unpaired) electrons. The van der Waals surface area contributed by atoms with Crippen molar-refractivity contribution in [3.05, 3.63) is 35.4 Å². The number of benzene rings is 1. The first-order valence-electron chi connectivity index (χ1n) is 5.74. The van der Waals surface area contributed by atoms with Gasteiger partial charge >= 0.3 is 0 Å². The molecule has 0 saturated heterocycles. The maximum absolute atomic E-state index is 12.3. The molecular formula is C13H17F2N. The van der Waals surface area contributed by atoms with Gasteiger partial charge in [-0.2, -0.15) is 0 Å². The van der Waals surface area contributed by atoms with Crippen molar-refractivity contribution in [2.75, 3.05) is 6.54 Å². The van der Waals surface area contributed by atoms with E-state index in [0.29, 0.717) is 0 Å². The van der Waals surface area contributed by atoms with Gasteiger partial charge in [0.1, 0.15) is 0 Å². The van der Waals surface area contributed by atoms with E-state index in [1.165, 1.54) is 18.6 Å². The molecule has 1 fully saturated rings. The zero-order valence-corrected chi connectivity index (χ0v) is 9.42. The Morgan fingerprint density at radius 1 is 1.31 bits per heavy atom. The highest BCUT2D eigenvalue weighted by molar-refractivity contribution is 5.23. The molecule has 2 atom stereocenters. The number of hydrogen-bond donors (Lipinski definition) is 1. The Morgan fingerprint density at radius 3 is 2.44 bits per heavy atom. The molecule has 2 unspecified atom stereocenters. The van der Waals surface area contributed by atoms with Gasteiger partial charge in [0.15, 0.2) is 0 Å². The lowest BCUT2D eigenvalue weighted by molar-refractivity contribution is 0.151. The van der Waals surface area contributed by atoms with E-state index in [-0.39, 0.29) is 5.56 Å². The highest BCUT2D eigenvalue weighted by Gasteiger charge is 2.31. The summed E-state index contributed by atoms with van der Waals surface area (Å²) in [6.45, 7) is 4.06. The van der Waals surface area contributed by atoms with Crippen molar-refractivity contribution in [1.29, 1.82) is 0 Å². The molecule has 1 saturated carbocycles. The van der Waals surface area contributed by atoms with Gasteiger partial charge in [0.2, 0.25) is 0 Å². The van der Waals surface area contributed by atoms with Crippen LogP contribution in [-0.4, -0.2) is 6.54 Å². The molecule has 1 aliphatic carbocycles. The molecule has 1 aromatic rings. The summed E-state index contributed by atoms with van der Waals surface area (Å²) in [4.78, 5) is 0. The van der Waals surface area contributed by atoms with Crippen LogP contribution in [0.4, 0.5) is 8.78 Å². The topological polar surface area (TPSA) is 12.0 Å². The second-order valence-electron chi connectivity index (χ2n) is 4.65. The van der Waals surface area contributed by atoms with Crippen molar-refractivity contribution in [1.82, 2.24) is 5.32 Å². The minimum absolute atomic E-state index is 0.0968. The lowest BCUT2D eigenvalue weighted by Crippen LogP contribution is -2.16. The number of halogens is 2. The summed E-state index contributed by atoms with van der Waals surface area (Å²) in [5.41, 5.74) is 1.16. The second-order valence-corrected chi connectivity index (χ2v) is 4.65. The average Bonchev–Trinajstić information content (AvgIpc) is 2.95. The molecule has 0 aromatic heterocycles. The minimum Gasteiger partial charge on any atom is -0.312 e. The quantitative estimate of drug-likeness (QED) is 0.810. The fourth-order valence-corrected chi connectivity index (χ4v) is 1.87. The third-order valence-corrected chi connectivity index (χ3v) is 3.24. The molecule has 88 valence electrons. The first-order valence-corrected chi connectivity index (χ1v) is 5.74. The normalized spacial score (nSPS) is 23.8. The maximum Gasteiger partial charge on any atom is 0.263 e. The van der Waals surface area contributed by atoms with E-state index < -0.39 is 6.43 Å². The van der Waals surface area contributed by atoms with Crippen molar-refractivity contribution in [3.8, 4) is 0 Å². The molecular weight excluding hydrogens is 208 g/mol. The molecule has 2 rings (SSSR count). The summed E-state index contributed by atoms with van der Waals surface area (Å²) >= 11 is 0. The summed E-state index contributed by atoms with van der Waals surface area (Å²) in [5, 5.41) is 3.36. The van der Waals surface area contributed by atoms with E-state index in [1.54, 1.807) is 12.1 Å². The predicted molar refractivity (Wildman–Crippen MR) is 60.4 cm³/mol. The van der Waals surface area contributed by atoms with Crippen LogP contribution >= 0.6 is 0 Å². The Hall–Kier alpha value is -0.960. The Morgan fingerprint density at radius 2 is 1.94 bits per heavy atom. The van der Waals surface area contributed by atoms with Crippen molar-refractivity contribution in [2.45, 2.75) is 26.3 Å². The van der Waals surface area contributed by atoms with Gasteiger partial charge in [0.05, 0.1) is 0 Å². The van der Waals surface area contributed by atoms with E-state index in [4.69, 9.17) is 0 Å².